The monoisotopic (exact) mass is 751 g/mol. The third-order valence-corrected chi connectivity index (χ3v) is 12.6. The third kappa shape index (κ3) is 5.77. The minimum absolute atomic E-state index is 0.259. The Kier molecular flexibility index (Phi) is 8.34. The molecule has 1 nitrogen and oxygen atoms in total. The number of fused-ring (bicyclic) bond motifs is 5. The highest BCUT2D eigenvalue weighted by Crippen LogP contribution is 2.55. The predicted molar refractivity (Wildman–Crippen MR) is 250 cm³/mol. The maximum Gasteiger partial charge on any atom is 0.0467 e. The molecule has 0 heterocycles. The van der Waals surface area contributed by atoms with E-state index < -0.39 is 0 Å². The summed E-state index contributed by atoms with van der Waals surface area (Å²) >= 11 is 0. The molecule has 1 heteroatoms. The molecule has 278 valence electrons. The second-order valence-electron chi connectivity index (χ2n) is 15.8. The van der Waals surface area contributed by atoms with E-state index in [4.69, 9.17) is 0 Å². The molecule has 1 aliphatic carbocycles. The van der Waals surface area contributed by atoms with Gasteiger partial charge in [-0.25, -0.2) is 0 Å². The maximum absolute atomic E-state index is 2.40. The molecular formula is C58H41N. The summed E-state index contributed by atoms with van der Waals surface area (Å²) in [5.41, 5.74) is 17.0. The zero-order chi connectivity index (χ0) is 39.3. The fourth-order valence-electron chi connectivity index (χ4n) is 9.66. The van der Waals surface area contributed by atoms with Crippen LogP contribution in [0.5, 0.6) is 0 Å². The molecular weight excluding hydrogens is 711 g/mol. The van der Waals surface area contributed by atoms with Gasteiger partial charge in [0.25, 0.3) is 0 Å². The van der Waals surface area contributed by atoms with E-state index >= 15 is 0 Å². The molecule has 0 aliphatic heterocycles. The average molecular weight is 752 g/mol. The fourth-order valence-corrected chi connectivity index (χ4v) is 9.66. The highest BCUT2D eigenvalue weighted by molar-refractivity contribution is 5.99. The van der Waals surface area contributed by atoms with Crippen molar-refractivity contribution in [3.63, 3.8) is 0 Å². The molecule has 1 atom stereocenters. The standard InChI is InChI=1S/C58H41N/c1-58(45-20-3-2-4-21-45)55-29-10-9-25-54(55)57-53(28-14-30-56(57)58)44-19-11-22-48(39-44)59(46-35-31-42(32-36-46)51-26-12-17-40-15-5-7-23-49(40)51)47-37-33-43(34-38-47)52-27-13-18-41-16-6-8-24-50(41)52/h2-39H,1H3. The first-order valence-corrected chi connectivity index (χ1v) is 20.5. The minimum atomic E-state index is -0.259. The normalized spacial score (nSPS) is 14.3. The molecule has 59 heavy (non-hydrogen) atoms. The summed E-state index contributed by atoms with van der Waals surface area (Å²) in [5, 5.41) is 5.02. The minimum Gasteiger partial charge on any atom is -0.310 e. The van der Waals surface area contributed by atoms with E-state index in [9.17, 15) is 0 Å². The van der Waals surface area contributed by atoms with E-state index in [2.05, 4.69) is 242 Å². The van der Waals surface area contributed by atoms with Crippen molar-refractivity contribution >= 4 is 38.6 Å². The molecule has 0 saturated heterocycles. The molecule has 0 bridgehead atoms. The Labute approximate surface area is 346 Å². The molecule has 1 unspecified atom stereocenters. The Hall–Kier alpha value is -7.48. The van der Waals surface area contributed by atoms with E-state index in [1.807, 2.05) is 0 Å². The molecule has 0 fully saturated rings. The van der Waals surface area contributed by atoms with Gasteiger partial charge in [0, 0.05) is 22.5 Å². The van der Waals surface area contributed by atoms with Gasteiger partial charge in [0.2, 0.25) is 0 Å². The second-order valence-corrected chi connectivity index (χ2v) is 15.8. The molecule has 0 N–H and O–H groups in total. The summed E-state index contributed by atoms with van der Waals surface area (Å²) in [6.07, 6.45) is 0. The fraction of sp³-hybridized carbons (Fsp3) is 0.0345. The van der Waals surface area contributed by atoms with Crippen molar-refractivity contribution in [2.24, 2.45) is 0 Å². The molecule has 11 rings (SSSR count). The summed E-state index contributed by atoms with van der Waals surface area (Å²) in [7, 11) is 0. The molecule has 10 aromatic rings. The molecule has 0 amide bonds. The van der Waals surface area contributed by atoms with Gasteiger partial charge in [0.05, 0.1) is 0 Å². The molecule has 0 radical (unpaired) electrons. The van der Waals surface area contributed by atoms with Crippen LogP contribution in [0.1, 0.15) is 23.6 Å². The number of rotatable bonds is 7. The summed E-state index contributed by atoms with van der Waals surface area (Å²) in [5.74, 6) is 0. The van der Waals surface area contributed by atoms with Crippen LogP contribution in [0.4, 0.5) is 17.1 Å². The first kappa shape index (κ1) is 34.7. The van der Waals surface area contributed by atoms with Crippen molar-refractivity contribution in [2.75, 3.05) is 4.90 Å². The van der Waals surface area contributed by atoms with Crippen LogP contribution >= 0.6 is 0 Å². The van der Waals surface area contributed by atoms with E-state index in [1.165, 1.54) is 82.7 Å². The summed E-state index contributed by atoms with van der Waals surface area (Å²) in [6.45, 7) is 2.39. The molecule has 0 saturated carbocycles. The quantitative estimate of drug-likeness (QED) is 0.157. The van der Waals surface area contributed by atoms with Gasteiger partial charge in [-0.05, 0) is 126 Å². The lowest BCUT2D eigenvalue weighted by molar-refractivity contribution is 0.714. The van der Waals surface area contributed by atoms with Crippen LogP contribution in [-0.4, -0.2) is 0 Å². The first-order valence-electron chi connectivity index (χ1n) is 20.5. The Morgan fingerprint density at radius 1 is 0.322 bits per heavy atom. The third-order valence-electron chi connectivity index (χ3n) is 12.6. The second kappa shape index (κ2) is 14.2. The lowest BCUT2D eigenvalue weighted by Gasteiger charge is -2.28. The Balaban J connectivity index is 1.05. The zero-order valence-corrected chi connectivity index (χ0v) is 32.9. The van der Waals surface area contributed by atoms with Gasteiger partial charge >= 0.3 is 0 Å². The largest absolute Gasteiger partial charge is 0.310 e. The van der Waals surface area contributed by atoms with Crippen molar-refractivity contribution in [2.45, 2.75) is 12.3 Å². The van der Waals surface area contributed by atoms with Crippen LogP contribution in [0.25, 0.3) is 66.1 Å². The van der Waals surface area contributed by atoms with Crippen molar-refractivity contribution in [1.29, 1.82) is 0 Å². The van der Waals surface area contributed by atoms with Gasteiger partial charge in [-0.15, -0.1) is 0 Å². The first-order chi connectivity index (χ1) is 29.1. The topological polar surface area (TPSA) is 3.24 Å². The SMILES string of the molecule is CC1(c2ccccc2)c2ccccc2-c2c(-c3cccc(N(c4ccc(-c5cccc6ccccc56)cc4)c4ccc(-c5cccc6ccccc56)cc4)c3)cccc21. The number of benzene rings is 10. The number of nitrogens with zero attached hydrogens (tertiary/aromatic N) is 1. The van der Waals surface area contributed by atoms with Crippen molar-refractivity contribution in [3.8, 4) is 44.5 Å². The Morgan fingerprint density at radius 3 is 1.44 bits per heavy atom. The van der Waals surface area contributed by atoms with Crippen LogP contribution in [0.15, 0.2) is 231 Å². The summed E-state index contributed by atoms with van der Waals surface area (Å²) < 4.78 is 0. The van der Waals surface area contributed by atoms with Crippen LogP contribution < -0.4 is 4.90 Å². The van der Waals surface area contributed by atoms with Gasteiger partial charge < -0.3 is 4.90 Å². The number of anilines is 3. The molecule has 0 spiro atoms. The molecule has 1 aliphatic rings. The lowest BCUT2D eigenvalue weighted by Crippen LogP contribution is -2.22. The van der Waals surface area contributed by atoms with Gasteiger partial charge in [0.1, 0.15) is 0 Å². The highest BCUT2D eigenvalue weighted by Gasteiger charge is 2.41. The summed E-state index contributed by atoms with van der Waals surface area (Å²) in [4.78, 5) is 2.40. The van der Waals surface area contributed by atoms with Gasteiger partial charge in [-0.2, -0.15) is 0 Å². The van der Waals surface area contributed by atoms with Gasteiger partial charge in [-0.1, -0.05) is 194 Å². The summed E-state index contributed by atoms with van der Waals surface area (Å²) in [6, 6.07) is 84.5. The van der Waals surface area contributed by atoms with Crippen molar-refractivity contribution in [3.05, 3.63) is 247 Å². The van der Waals surface area contributed by atoms with E-state index in [0.717, 1.165) is 17.1 Å². The predicted octanol–water partition coefficient (Wildman–Crippen LogP) is 15.8. The van der Waals surface area contributed by atoms with Crippen LogP contribution in [0.3, 0.4) is 0 Å². The highest BCUT2D eigenvalue weighted by atomic mass is 15.1. The average Bonchev–Trinajstić information content (AvgIpc) is 3.58. The van der Waals surface area contributed by atoms with Gasteiger partial charge in [0.15, 0.2) is 0 Å². The van der Waals surface area contributed by atoms with E-state index in [1.54, 1.807) is 0 Å². The van der Waals surface area contributed by atoms with E-state index in [0.29, 0.717) is 0 Å². The van der Waals surface area contributed by atoms with Crippen molar-refractivity contribution in [1.82, 2.24) is 0 Å². The number of hydrogen-bond donors (Lipinski definition) is 0. The van der Waals surface area contributed by atoms with Crippen LogP contribution in [-0.2, 0) is 5.41 Å². The van der Waals surface area contributed by atoms with Gasteiger partial charge in [-0.3, -0.25) is 0 Å². The lowest BCUT2D eigenvalue weighted by atomic mass is 9.74. The van der Waals surface area contributed by atoms with Crippen LogP contribution in [0, 0.1) is 0 Å². The number of hydrogen-bond acceptors (Lipinski definition) is 1. The van der Waals surface area contributed by atoms with Crippen molar-refractivity contribution < 1.29 is 0 Å². The molecule has 0 aromatic heterocycles. The zero-order valence-electron chi connectivity index (χ0n) is 32.9. The molecule has 10 aromatic carbocycles. The smallest absolute Gasteiger partial charge is 0.0467 e. The maximum atomic E-state index is 2.40. The van der Waals surface area contributed by atoms with Crippen LogP contribution in [0.2, 0.25) is 0 Å². The Morgan fingerprint density at radius 2 is 0.797 bits per heavy atom. The Bertz CT molecular complexity index is 3030. The van der Waals surface area contributed by atoms with E-state index in [-0.39, 0.29) is 5.41 Å².